The summed E-state index contributed by atoms with van der Waals surface area (Å²) < 4.78 is 5.17. The first-order valence-corrected chi connectivity index (χ1v) is 8.55. The van der Waals surface area contributed by atoms with E-state index in [-0.39, 0.29) is 12.3 Å². The van der Waals surface area contributed by atoms with E-state index >= 15 is 0 Å². The van der Waals surface area contributed by atoms with Gasteiger partial charge < -0.3 is 14.7 Å². The van der Waals surface area contributed by atoms with Gasteiger partial charge in [0.25, 0.3) is 5.69 Å². The highest BCUT2D eigenvalue weighted by Gasteiger charge is 2.71. The Hall–Kier alpha value is -2.81. The molecular formula is C18H20N2O7. The van der Waals surface area contributed by atoms with Crippen molar-refractivity contribution >= 4 is 23.3 Å². The molecule has 1 aromatic carbocycles. The van der Waals surface area contributed by atoms with Crippen LogP contribution < -0.4 is 0 Å². The second-order valence-electron chi connectivity index (χ2n) is 7.24. The molecule has 3 rings (SSSR count). The number of ketones is 1. The van der Waals surface area contributed by atoms with Crippen molar-refractivity contribution in [1.82, 2.24) is 4.90 Å². The summed E-state index contributed by atoms with van der Waals surface area (Å²) >= 11 is 0. The lowest BCUT2D eigenvalue weighted by atomic mass is 9.66. The minimum Gasteiger partial charge on any atom is -0.459 e. The maximum atomic E-state index is 12.5. The van der Waals surface area contributed by atoms with Gasteiger partial charge in [0.15, 0.2) is 11.8 Å². The second-order valence-corrected chi connectivity index (χ2v) is 7.24. The van der Waals surface area contributed by atoms with Crippen LogP contribution in [0.1, 0.15) is 26.3 Å². The second kappa shape index (κ2) is 6.41. The van der Waals surface area contributed by atoms with Gasteiger partial charge in [0, 0.05) is 18.1 Å². The molecule has 2 saturated heterocycles. The number of aliphatic hydroxyl groups excluding tert-OH is 1. The summed E-state index contributed by atoms with van der Waals surface area (Å²) in [5.41, 5.74) is -0.660. The average Bonchev–Trinajstić information content (AvgIpc) is 2.88. The summed E-state index contributed by atoms with van der Waals surface area (Å²) in [5.74, 6) is -2.28. The van der Waals surface area contributed by atoms with E-state index in [1.807, 2.05) is 0 Å². The van der Waals surface area contributed by atoms with Gasteiger partial charge in [-0.05, 0) is 31.5 Å². The number of hydrogen-bond acceptors (Lipinski definition) is 7. The topological polar surface area (TPSA) is 127 Å². The number of amides is 1. The molecule has 0 radical (unpaired) electrons. The third kappa shape index (κ3) is 2.69. The Morgan fingerprint density at radius 3 is 2.48 bits per heavy atom. The number of aliphatic hydroxyl groups is 1. The van der Waals surface area contributed by atoms with Crippen LogP contribution in [0, 0.1) is 21.4 Å². The van der Waals surface area contributed by atoms with E-state index in [1.54, 1.807) is 13.8 Å². The quantitative estimate of drug-likeness (QED) is 0.265. The fraction of sp³-hybridized carbons (Fsp3) is 0.500. The molecule has 0 aliphatic carbocycles. The number of nitrogens with zero attached hydrogens (tertiary/aromatic N) is 2. The van der Waals surface area contributed by atoms with Gasteiger partial charge >= 0.3 is 5.97 Å². The maximum Gasteiger partial charge on any atom is 0.337 e. The Balaban J connectivity index is 1.71. The molecule has 2 aliphatic heterocycles. The lowest BCUT2D eigenvalue weighted by molar-refractivity contribution is -0.384. The third-order valence-corrected chi connectivity index (χ3v) is 5.70. The summed E-state index contributed by atoms with van der Waals surface area (Å²) in [5, 5.41) is 20.6. The van der Waals surface area contributed by atoms with E-state index < -0.39 is 52.1 Å². The average molecular weight is 376 g/mol. The van der Waals surface area contributed by atoms with Gasteiger partial charge in [-0.1, -0.05) is 6.92 Å². The minimum atomic E-state index is -1.32. The van der Waals surface area contributed by atoms with E-state index in [4.69, 9.17) is 4.74 Å². The molecule has 144 valence electrons. The van der Waals surface area contributed by atoms with Crippen molar-refractivity contribution in [3.05, 3.63) is 39.9 Å². The van der Waals surface area contributed by atoms with Crippen LogP contribution in [0.5, 0.6) is 0 Å². The number of benzene rings is 1. The molecule has 2 aliphatic rings. The van der Waals surface area contributed by atoms with Crippen molar-refractivity contribution in [3.8, 4) is 0 Å². The van der Waals surface area contributed by atoms with Crippen LogP contribution in [-0.2, 0) is 25.7 Å². The van der Waals surface area contributed by atoms with Crippen LogP contribution in [0.25, 0.3) is 0 Å². The summed E-state index contributed by atoms with van der Waals surface area (Å²) in [6.07, 6.45) is -0.948. The van der Waals surface area contributed by atoms with Gasteiger partial charge in [-0.2, -0.15) is 0 Å². The number of carbonyl (C=O) groups excluding carboxylic acids is 3. The fourth-order valence-corrected chi connectivity index (χ4v) is 3.94. The van der Waals surface area contributed by atoms with Gasteiger partial charge in [-0.3, -0.25) is 19.7 Å². The molecule has 0 bridgehead atoms. The molecule has 1 N–H and O–H groups in total. The Bertz CT molecular complexity index is 820. The predicted octanol–water partition coefficient (Wildman–Crippen LogP) is 0.823. The first kappa shape index (κ1) is 19.0. The van der Waals surface area contributed by atoms with Crippen LogP contribution in [0.3, 0.4) is 0 Å². The lowest BCUT2D eigenvalue weighted by Crippen LogP contribution is -2.72. The molecule has 0 saturated carbocycles. The minimum absolute atomic E-state index is 0.0868. The molecule has 0 spiro atoms. The zero-order valence-electron chi connectivity index (χ0n) is 15.1. The molecule has 1 aromatic rings. The molecule has 2 fully saturated rings. The molecule has 9 heteroatoms. The third-order valence-electron chi connectivity index (χ3n) is 5.70. The Labute approximate surface area is 155 Å². The van der Waals surface area contributed by atoms with Crippen molar-refractivity contribution in [3.63, 3.8) is 0 Å². The standard InChI is InChI=1S/C18H20N2O7/c1-9-14(22)13(19-15(9)18(3,10(2)21)17(19)24)16(23)27-8-11-4-6-12(7-5-11)20(25)26/h4-7,9-10,13,15,21H,8H2,1-3H3/t9-,10+,13?,15+,18+/m0/s1. The zero-order chi connectivity index (χ0) is 20.1. The van der Waals surface area contributed by atoms with E-state index in [0.717, 1.165) is 0 Å². The number of nitro groups is 1. The van der Waals surface area contributed by atoms with Gasteiger partial charge in [-0.25, -0.2) is 4.79 Å². The highest BCUT2D eigenvalue weighted by Crippen LogP contribution is 2.51. The number of fused-ring (bicyclic) bond motifs is 1. The van der Waals surface area contributed by atoms with E-state index in [2.05, 4.69) is 0 Å². The Kier molecular flexibility index (Phi) is 4.51. The smallest absolute Gasteiger partial charge is 0.337 e. The van der Waals surface area contributed by atoms with Crippen molar-refractivity contribution in [2.75, 3.05) is 0 Å². The number of nitro benzene ring substituents is 1. The van der Waals surface area contributed by atoms with Crippen LogP contribution in [0.4, 0.5) is 5.69 Å². The molecule has 27 heavy (non-hydrogen) atoms. The van der Waals surface area contributed by atoms with Gasteiger partial charge in [0.1, 0.15) is 6.61 Å². The number of hydrogen-bond donors (Lipinski definition) is 1. The van der Waals surface area contributed by atoms with Gasteiger partial charge in [-0.15, -0.1) is 0 Å². The highest BCUT2D eigenvalue weighted by molar-refractivity contribution is 6.13. The number of ether oxygens (including phenoxy) is 1. The van der Waals surface area contributed by atoms with Crippen molar-refractivity contribution < 1.29 is 29.2 Å². The SMILES string of the molecule is C[C@H]1C(=O)C(C(=O)OCc2ccc([N+](=O)[O-])cc2)N2C(=O)[C@](C)([C@@H](C)O)[C@@H]12. The first-order chi connectivity index (χ1) is 12.6. The summed E-state index contributed by atoms with van der Waals surface area (Å²) in [6.45, 7) is 4.55. The molecule has 0 aromatic heterocycles. The molecular weight excluding hydrogens is 356 g/mol. The number of non-ortho nitro benzene ring substituents is 1. The largest absolute Gasteiger partial charge is 0.459 e. The predicted molar refractivity (Wildman–Crippen MR) is 91.3 cm³/mol. The normalized spacial score (nSPS) is 30.5. The van der Waals surface area contributed by atoms with E-state index in [9.17, 15) is 29.6 Å². The molecule has 2 heterocycles. The van der Waals surface area contributed by atoms with Crippen molar-refractivity contribution in [1.29, 1.82) is 0 Å². The van der Waals surface area contributed by atoms with Gasteiger partial charge in [0.05, 0.1) is 22.5 Å². The lowest BCUT2D eigenvalue weighted by Gasteiger charge is -2.54. The maximum absolute atomic E-state index is 12.5. The van der Waals surface area contributed by atoms with Crippen LogP contribution in [-0.4, -0.2) is 50.8 Å². The van der Waals surface area contributed by atoms with Gasteiger partial charge in [0.2, 0.25) is 5.91 Å². The molecule has 1 amide bonds. The summed E-state index contributed by atoms with van der Waals surface area (Å²) in [6, 6.07) is 3.61. The van der Waals surface area contributed by atoms with Crippen LogP contribution in [0.15, 0.2) is 24.3 Å². The van der Waals surface area contributed by atoms with Crippen LogP contribution in [0.2, 0.25) is 0 Å². The highest BCUT2D eigenvalue weighted by atomic mass is 16.6. The van der Waals surface area contributed by atoms with E-state index in [1.165, 1.54) is 36.1 Å². The van der Waals surface area contributed by atoms with Crippen molar-refractivity contribution in [2.24, 2.45) is 11.3 Å². The Morgan fingerprint density at radius 2 is 1.96 bits per heavy atom. The Morgan fingerprint density at radius 1 is 1.37 bits per heavy atom. The number of Topliss-reactive ketones (excluding diaryl/α,β-unsaturated/α-hetero) is 1. The molecule has 1 unspecified atom stereocenters. The zero-order valence-corrected chi connectivity index (χ0v) is 15.1. The van der Waals surface area contributed by atoms with Crippen molar-refractivity contribution in [2.45, 2.75) is 45.6 Å². The number of β-lactam (4-membered cyclic amide) rings is 1. The van der Waals surface area contributed by atoms with E-state index in [0.29, 0.717) is 5.56 Å². The van der Waals surface area contributed by atoms with Crippen LogP contribution >= 0.6 is 0 Å². The monoisotopic (exact) mass is 376 g/mol. The number of esters is 1. The summed E-state index contributed by atoms with van der Waals surface area (Å²) in [4.78, 5) is 48.9. The molecule has 9 nitrogen and oxygen atoms in total. The number of rotatable bonds is 5. The fourth-order valence-electron chi connectivity index (χ4n) is 3.94. The number of carbonyl (C=O) groups is 3. The molecule has 5 atom stereocenters. The first-order valence-electron chi connectivity index (χ1n) is 8.55. The summed E-state index contributed by atoms with van der Waals surface area (Å²) in [7, 11) is 0.